The zero-order chi connectivity index (χ0) is 14.7. The van der Waals surface area contributed by atoms with Gasteiger partial charge in [-0.05, 0) is 19.1 Å². The van der Waals surface area contributed by atoms with E-state index in [9.17, 15) is 4.79 Å². The standard InChI is InChI=1S/C16H18N2O2S/c1-12-14(16(19)18-8-5-10-21-11-9-18)15(17-20-12)13-6-3-2-4-7-13/h2-4,6-7H,5,8-11H2,1H3. The number of aryl methyl sites for hydroxylation is 1. The molecule has 1 aliphatic heterocycles. The molecule has 5 heteroatoms. The average molecular weight is 302 g/mol. The molecular weight excluding hydrogens is 284 g/mol. The highest BCUT2D eigenvalue weighted by Crippen LogP contribution is 2.27. The second-order valence-electron chi connectivity index (χ2n) is 5.09. The number of hydrogen-bond donors (Lipinski definition) is 0. The molecule has 0 saturated carbocycles. The molecule has 110 valence electrons. The van der Waals surface area contributed by atoms with Crippen LogP contribution in [0.4, 0.5) is 0 Å². The molecule has 1 fully saturated rings. The summed E-state index contributed by atoms with van der Waals surface area (Å²) in [6.07, 6.45) is 1.04. The lowest BCUT2D eigenvalue weighted by molar-refractivity contribution is 0.0767. The molecule has 3 rings (SSSR count). The first-order valence-corrected chi connectivity index (χ1v) is 8.31. The summed E-state index contributed by atoms with van der Waals surface area (Å²) in [5, 5.41) is 4.10. The number of nitrogens with zero attached hydrogens (tertiary/aromatic N) is 2. The van der Waals surface area contributed by atoms with Crippen LogP contribution >= 0.6 is 11.8 Å². The summed E-state index contributed by atoms with van der Waals surface area (Å²) < 4.78 is 5.29. The predicted octanol–water partition coefficient (Wildman–Crippen LogP) is 3.23. The van der Waals surface area contributed by atoms with Crippen molar-refractivity contribution in [2.75, 3.05) is 24.6 Å². The van der Waals surface area contributed by atoms with E-state index in [1.807, 2.05) is 47.0 Å². The Morgan fingerprint density at radius 2 is 2.05 bits per heavy atom. The van der Waals surface area contributed by atoms with Crippen molar-refractivity contribution in [1.82, 2.24) is 10.1 Å². The molecule has 0 aliphatic carbocycles. The van der Waals surface area contributed by atoms with Crippen LogP contribution < -0.4 is 0 Å². The van der Waals surface area contributed by atoms with Crippen LogP contribution in [-0.2, 0) is 0 Å². The number of hydrogen-bond acceptors (Lipinski definition) is 4. The van der Waals surface area contributed by atoms with Crippen molar-refractivity contribution in [1.29, 1.82) is 0 Å². The first-order valence-electron chi connectivity index (χ1n) is 7.16. The maximum absolute atomic E-state index is 12.8. The fourth-order valence-electron chi connectivity index (χ4n) is 2.52. The predicted molar refractivity (Wildman–Crippen MR) is 84.5 cm³/mol. The van der Waals surface area contributed by atoms with Gasteiger partial charge in [0, 0.05) is 24.4 Å². The number of rotatable bonds is 2. The Kier molecular flexibility index (Phi) is 4.29. The largest absolute Gasteiger partial charge is 0.360 e. The van der Waals surface area contributed by atoms with Gasteiger partial charge in [0.15, 0.2) is 0 Å². The van der Waals surface area contributed by atoms with Crippen LogP contribution in [-0.4, -0.2) is 40.6 Å². The van der Waals surface area contributed by atoms with Crippen molar-refractivity contribution in [2.45, 2.75) is 13.3 Å². The van der Waals surface area contributed by atoms with Gasteiger partial charge in [-0.25, -0.2) is 0 Å². The lowest BCUT2D eigenvalue weighted by Gasteiger charge is -2.19. The normalized spacial score (nSPS) is 15.8. The molecule has 0 spiro atoms. The Hall–Kier alpha value is -1.75. The Morgan fingerprint density at radius 1 is 1.24 bits per heavy atom. The van der Waals surface area contributed by atoms with Crippen molar-refractivity contribution in [3.05, 3.63) is 41.7 Å². The zero-order valence-electron chi connectivity index (χ0n) is 12.0. The number of carbonyl (C=O) groups is 1. The van der Waals surface area contributed by atoms with Crippen molar-refractivity contribution >= 4 is 17.7 Å². The molecule has 0 atom stereocenters. The second-order valence-corrected chi connectivity index (χ2v) is 6.31. The number of benzene rings is 1. The molecule has 21 heavy (non-hydrogen) atoms. The number of amides is 1. The number of carbonyl (C=O) groups excluding carboxylic acids is 1. The highest BCUT2D eigenvalue weighted by atomic mass is 32.2. The number of aromatic nitrogens is 1. The van der Waals surface area contributed by atoms with Crippen molar-refractivity contribution < 1.29 is 9.32 Å². The summed E-state index contributed by atoms with van der Waals surface area (Å²) in [6, 6.07) is 9.73. The molecule has 0 N–H and O–H groups in total. The molecule has 1 aromatic heterocycles. The topological polar surface area (TPSA) is 46.3 Å². The lowest BCUT2D eigenvalue weighted by atomic mass is 10.1. The molecule has 0 radical (unpaired) electrons. The van der Waals surface area contributed by atoms with E-state index in [2.05, 4.69) is 5.16 Å². The average Bonchev–Trinajstić information content (AvgIpc) is 2.74. The summed E-state index contributed by atoms with van der Waals surface area (Å²) in [5.74, 6) is 2.75. The Balaban J connectivity index is 1.94. The van der Waals surface area contributed by atoms with E-state index >= 15 is 0 Å². The van der Waals surface area contributed by atoms with Gasteiger partial charge in [-0.3, -0.25) is 4.79 Å². The van der Waals surface area contributed by atoms with E-state index in [-0.39, 0.29) is 5.91 Å². The molecule has 0 unspecified atom stereocenters. The molecule has 1 aromatic carbocycles. The molecule has 1 saturated heterocycles. The van der Waals surface area contributed by atoms with Gasteiger partial charge < -0.3 is 9.42 Å². The quantitative estimate of drug-likeness (QED) is 0.854. The highest BCUT2D eigenvalue weighted by molar-refractivity contribution is 7.99. The molecule has 1 aliphatic rings. The van der Waals surface area contributed by atoms with E-state index in [0.29, 0.717) is 17.0 Å². The number of thioether (sulfide) groups is 1. The summed E-state index contributed by atoms with van der Waals surface area (Å²) in [4.78, 5) is 14.8. The Bertz CT molecular complexity index is 616. The monoisotopic (exact) mass is 302 g/mol. The Morgan fingerprint density at radius 3 is 2.86 bits per heavy atom. The molecular formula is C16H18N2O2S. The summed E-state index contributed by atoms with van der Waals surface area (Å²) >= 11 is 1.91. The molecule has 1 amide bonds. The third kappa shape index (κ3) is 2.97. The van der Waals surface area contributed by atoms with Gasteiger partial charge in [-0.15, -0.1) is 0 Å². The van der Waals surface area contributed by atoms with Crippen LogP contribution in [0.3, 0.4) is 0 Å². The van der Waals surface area contributed by atoms with Crippen molar-refractivity contribution in [2.24, 2.45) is 0 Å². The minimum atomic E-state index is 0.0371. The smallest absolute Gasteiger partial charge is 0.259 e. The van der Waals surface area contributed by atoms with E-state index < -0.39 is 0 Å². The van der Waals surface area contributed by atoms with Gasteiger partial charge in [0.2, 0.25) is 0 Å². The van der Waals surface area contributed by atoms with Gasteiger partial charge in [0.05, 0.1) is 0 Å². The first kappa shape index (κ1) is 14.2. The van der Waals surface area contributed by atoms with E-state index in [4.69, 9.17) is 4.52 Å². The van der Waals surface area contributed by atoms with Gasteiger partial charge in [0.1, 0.15) is 17.0 Å². The summed E-state index contributed by atoms with van der Waals surface area (Å²) in [6.45, 7) is 3.41. The van der Waals surface area contributed by atoms with Crippen LogP contribution in [0.1, 0.15) is 22.5 Å². The van der Waals surface area contributed by atoms with E-state index in [1.165, 1.54) is 0 Å². The lowest BCUT2D eigenvalue weighted by Crippen LogP contribution is -2.33. The maximum atomic E-state index is 12.8. The van der Waals surface area contributed by atoms with Crippen LogP contribution in [0.15, 0.2) is 34.9 Å². The van der Waals surface area contributed by atoms with Crippen LogP contribution in [0, 0.1) is 6.92 Å². The van der Waals surface area contributed by atoms with E-state index in [1.54, 1.807) is 6.92 Å². The van der Waals surface area contributed by atoms with E-state index in [0.717, 1.165) is 36.6 Å². The third-order valence-electron chi connectivity index (χ3n) is 3.63. The maximum Gasteiger partial charge on any atom is 0.259 e. The first-order chi connectivity index (χ1) is 10.3. The van der Waals surface area contributed by atoms with Crippen molar-refractivity contribution in [3.63, 3.8) is 0 Å². The van der Waals surface area contributed by atoms with Crippen LogP contribution in [0.2, 0.25) is 0 Å². The fourth-order valence-corrected chi connectivity index (χ4v) is 3.41. The third-order valence-corrected chi connectivity index (χ3v) is 4.68. The highest BCUT2D eigenvalue weighted by Gasteiger charge is 2.26. The molecule has 4 nitrogen and oxygen atoms in total. The molecule has 0 bridgehead atoms. The Labute approximate surface area is 128 Å². The zero-order valence-corrected chi connectivity index (χ0v) is 12.9. The van der Waals surface area contributed by atoms with Crippen LogP contribution in [0.25, 0.3) is 11.3 Å². The fraction of sp³-hybridized carbons (Fsp3) is 0.375. The summed E-state index contributed by atoms with van der Waals surface area (Å²) in [7, 11) is 0. The van der Waals surface area contributed by atoms with Gasteiger partial charge in [-0.1, -0.05) is 35.5 Å². The van der Waals surface area contributed by atoms with Gasteiger partial charge in [0.25, 0.3) is 5.91 Å². The second kappa shape index (κ2) is 6.35. The van der Waals surface area contributed by atoms with Crippen LogP contribution in [0.5, 0.6) is 0 Å². The van der Waals surface area contributed by atoms with Gasteiger partial charge in [-0.2, -0.15) is 11.8 Å². The minimum Gasteiger partial charge on any atom is -0.360 e. The summed E-state index contributed by atoms with van der Waals surface area (Å²) in [5.41, 5.74) is 2.17. The van der Waals surface area contributed by atoms with Crippen molar-refractivity contribution in [3.8, 4) is 11.3 Å². The van der Waals surface area contributed by atoms with Gasteiger partial charge >= 0.3 is 0 Å². The molecule has 2 heterocycles. The minimum absolute atomic E-state index is 0.0371. The SMILES string of the molecule is Cc1onc(-c2ccccc2)c1C(=O)N1CCCSCC1. The molecule has 2 aromatic rings.